The molecule has 2 aromatic rings. The molecule has 0 spiro atoms. The number of halogens is 1. The molecule has 1 aliphatic rings. The Hall–Kier alpha value is -0.910. The maximum atomic E-state index is 6.01. The zero-order chi connectivity index (χ0) is 14.1. The molecule has 4 nitrogen and oxygen atoms in total. The van der Waals surface area contributed by atoms with Gasteiger partial charge in [-0.1, -0.05) is 0 Å². The number of aryl methyl sites for hydroxylation is 1. The number of aromatic nitrogens is 2. The fourth-order valence-corrected chi connectivity index (χ4v) is 3.81. The average Bonchev–Trinajstić information content (AvgIpc) is 3.03. The minimum atomic E-state index is 0.315. The van der Waals surface area contributed by atoms with Crippen LogP contribution in [0, 0.1) is 6.92 Å². The van der Waals surface area contributed by atoms with Gasteiger partial charge in [0, 0.05) is 17.5 Å². The van der Waals surface area contributed by atoms with Crippen molar-refractivity contribution < 1.29 is 0 Å². The van der Waals surface area contributed by atoms with Crippen molar-refractivity contribution >= 4 is 39.0 Å². The van der Waals surface area contributed by atoms with Crippen LogP contribution in [0.2, 0.25) is 5.28 Å². The summed E-state index contributed by atoms with van der Waals surface area (Å²) in [7, 11) is 0. The largest absolute Gasteiger partial charge is 0.368 e. The van der Waals surface area contributed by atoms with Crippen LogP contribution in [0.5, 0.6) is 0 Å². The lowest BCUT2D eigenvalue weighted by Gasteiger charge is -2.24. The number of hydrogen-bond donors (Lipinski definition) is 1. The molecule has 1 saturated heterocycles. The van der Waals surface area contributed by atoms with Gasteiger partial charge >= 0.3 is 0 Å². The van der Waals surface area contributed by atoms with Gasteiger partial charge in [0.2, 0.25) is 5.28 Å². The third-order valence-electron chi connectivity index (χ3n) is 3.82. The highest BCUT2D eigenvalue weighted by Crippen LogP contribution is 2.29. The number of anilines is 1. The van der Waals surface area contributed by atoms with Gasteiger partial charge in [-0.2, -0.15) is 0 Å². The van der Waals surface area contributed by atoms with E-state index in [-0.39, 0.29) is 0 Å². The average molecular weight is 311 g/mol. The van der Waals surface area contributed by atoms with Crippen molar-refractivity contribution in [1.29, 1.82) is 0 Å². The summed E-state index contributed by atoms with van der Waals surface area (Å²) in [6, 6.07) is 2.64. The second kappa shape index (κ2) is 5.84. The molecular weight excluding hydrogens is 292 g/mol. The summed E-state index contributed by atoms with van der Waals surface area (Å²) in [4.78, 5) is 13.3. The molecule has 3 heterocycles. The molecule has 0 bridgehead atoms. The minimum Gasteiger partial charge on any atom is -0.368 e. The lowest BCUT2D eigenvalue weighted by atomic mass is 10.3. The van der Waals surface area contributed by atoms with E-state index in [1.54, 1.807) is 11.3 Å². The zero-order valence-electron chi connectivity index (χ0n) is 11.8. The quantitative estimate of drug-likeness (QED) is 0.877. The Morgan fingerprint density at radius 2 is 2.15 bits per heavy atom. The molecule has 0 aromatic carbocycles. The van der Waals surface area contributed by atoms with E-state index >= 15 is 0 Å². The minimum absolute atomic E-state index is 0.315. The van der Waals surface area contributed by atoms with Crippen LogP contribution in [0.4, 0.5) is 5.82 Å². The maximum Gasteiger partial charge on any atom is 0.225 e. The smallest absolute Gasteiger partial charge is 0.225 e. The van der Waals surface area contributed by atoms with Gasteiger partial charge in [-0.25, -0.2) is 9.97 Å². The van der Waals surface area contributed by atoms with Crippen LogP contribution in [-0.2, 0) is 0 Å². The Morgan fingerprint density at radius 1 is 1.40 bits per heavy atom. The van der Waals surface area contributed by atoms with Crippen LogP contribution < -0.4 is 5.32 Å². The van der Waals surface area contributed by atoms with E-state index < -0.39 is 0 Å². The summed E-state index contributed by atoms with van der Waals surface area (Å²) < 4.78 is 0. The molecule has 0 saturated carbocycles. The Morgan fingerprint density at radius 3 is 2.90 bits per heavy atom. The fourth-order valence-electron chi connectivity index (χ4n) is 2.71. The molecule has 1 N–H and O–H groups in total. The molecule has 1 aliphatic heterocycles. The molecular formula is C14H19ClN4S. The molecule has 1 atom stereocenters. The molecule has 2 aromatic heterocycles. The summed E-state index contributed by atoms with van der Waals surface area (Å²) in [5.41, 5.74) is 0. The zero-order valence-corrected chi connectivity index (χ0v) is 13.4. The van der Waals surface area contributed by atoms with E-state index in [1.165, 1.54) is 30.8 Å². The maximum absolute atomic E-state index is 6.01. The number of hydrogen-bond acceptors (Lipinski definition) is 5. The lowest BCUT2D eigenvalue weighted by molar-refractivity contribution is 0.269. The van der Waals surface area contributed by atoms with E-state index in [1.807, 2.05) is 0 Å². The molecule has 0 radical (unpaired) electrons. The van der Waals surface area contributed by atoms with Crippen LogP contribution >= 0.6 is 22.9 Å². The second-order valence-electron chi connectivity index (χ2n) is 5.39. The van der Waals surface area contributed by atoms with Gasteiger partial charge in [0.25, 0.3) is 0 Å². The van der Waals surface area contributed by atoms with E-state index in [9.17, 15) is 0 Å². The molecule has 0 aliphatic carbocycles. The Kier molecular flexibility index (Phi) is 4.10. The van der Waals surface area contributed by atoms with Crippen LogP contribution in [0.15, 0.2) is 6.07 Å². The fraction of sp³-hybridized carbons (Fsp3) is 0.571. The highest BCUT2D eigenvalue weighted by molar-refractivity contribution is 7.18. The first kappa shape index (κ1) is 14.0. The summed E-state index contributed by atoms with van der Waals surface area (Å²) in [6.07, 6.45) is 2.63. The molecule has 6 heteroatoms. The first-order valence-corrected chi connectivity index (χ1v) is 8.24. The highest BCUT2D eigenvalue weighted by Gasteiger charge is 2.18. The van der Waals surface area contributed by atoms with Gasteiger partial charge in [0.15, 0.2) is 0 Å². The SMILES string of the molecule is Cc1cc2c(NCC(C)N3CCCC3)nc(Cl)nc2s1. The Labute approximate surface area is 128 Å². The number of fused-ring (bicyclic) bond motifs is 1. The number of nitrogens with zero attached hydrogens (tertiary/aromatic N) is 3. The van der Waals surface area contributed by atoms with Crippen molar-refractivity contribution in [1.82, 2.24) is 14.9 Å². The predicted octanol–water partition coefficient (Wildman–Crippen LogP) is 3.55. The van der Waals surface area contributed by atoms with Crippen LogP contribution in [0.1, 0.15) is 24.6 Å². The summed E-state index contributed by atoms with van der Waals surface area (Å²) >= 11 is 7.66. The van der Waals surface area contributed by atoms with E-state index in [2.05, 4.69) is 40.1 Å². The standard InChI is InChI=1S/C14H19ClN4S/c1-9(19-5-3-4-6-19)8-16-12-11-7-10(2)20-13(11)18-14(15)17-12/h7,9H,3-6,8H2,1-2H3,(H,16,17,18). The van der Waals surface area contributed by atoms with Crippen molar-refractivity contribution in [2.45, 2.75) is 32.7 Å². The van der Waals surface area contributed by atoms with Crippen molar-refractivity contribution in [2.75, 3.05) is 25.0 Å². The normalized spacial score (nSPS) is 17.8. The summed E-state index contributed by atoms with van der Waals surface area (Å²) in [5.74, 6) is 0.857. The van der Waals surface area contributed by atoms with Gasteiger partial charge in [0.1, 0.15) is 10.6 Å². The van der Waals surface area contributed by atoms with Gasteiger partial charge < -0.3 is 5.32 Å². The Bertz CT molecular complexity index is 606. The third kappa shape index (κ3) is 2.90. The summed E-state index contributed by atoms with van der Waals surface area (Å²) in [6.45, 7) is 7.64. The van der Waals surface area contributed by atoms with Gasteiger partial charge in [-0.05, 0) is 57.4 Å². The third-order valence-corrected chi connectivity index (χ3v) is 4.93. The first-order chi connectivity index (χ1) is 9.63. The van der Waals surface area contributed by atoms with E-state index in [0.29, 0.717) is 11.3 Å². The molecule has 1 unspecified atom stereocenters. The number of likely N-dealkylation sites (tertiary alicyclic amines) is 1. The lowest BCUT2D eigenvalue weighted by Crippen LogP contribution is -2.35. The molecule has 3 rings (SSSR count). The first-order valence-electron chi connectivity index (χ1n) is 7.05. The van der Waals surface area contributed by atoms with E-state index in [0.717, 1.165) is 22.6 Å². The molecule has 108 valence electrons. The van der Waals surface area contributed by atoms with Gasteiger partial charge in [-0.15, -0.1) is 11.3 Å². The van der Waals surface area contributed by atoms with Gasteiger partial charge in [0.05, 0.1) is 5.39 Å². The molecule has 20 heavy (non-hydrogen) atoms. The number of nitrogens with one attached hydrogen (secondary N) is 1. The van der Waals surface area contributed by atoms with Crippen molar-refractivity contribution in [3.05, 3.63) is 16.2 Å². The number of thiophene rings is 1. The van der Waals surface area contributed by atoms with Crippen LogP contribution in [-0.4, -0.2) is 40.5 Å². The van der Waals surface area contributed by atoms with Gasteiger partial charge in [-0.3, -0.25) is 4.90 Å². The van der Waals surface area contributed by atoms with Crippen molar-refractivity contribution in [3.63, 3.8) is 0 Å². The van der Waals surface area contributed by atoms with Crippen LogP contribution in [0.25, 0.3) is 10.2 Å². The van der Waals surface area contributed by atoms with E-state index in [4.69, 9.17) is 11.6 Å². The summed E-state index contributed by atoms with van der Waals surface area (Å²) in [5, 5.41) is 4.84. The highest BCUT2D eigenvalue weighted by atomic mass is 35.5. The second-order valence-corrected chi connectivity index (χ2v) is 6.96. The predicted molar refractivity (Wildman–Crippen MR) is 85.9 cm³/mol. The van der Waals surface area contributed by atoms with Crippen molar-refractivity contribution in [2.24, 2.45) is 0 Å². The topological polar surface area (TPSA) is 41.0 Å². The van der Waals surface area contributed by atoms with Crippen LogP contribution in [0.3, 0.4) is 0 Å². The molecule has 1 fully saturated rings. The molecule has 0 amide bonds. The monoisotopic (exact) mass is 310 g/mol. The Balaban J connectivity index is 1.76. The number of rotatable bonds is 4. The van der Waals surface area contributed by atoms with Crippen molar-refractivity contribution in [3.8, 4) is 0 Å².